The summed E-state index contributed by atoms with van der Waals surface area (Å²) in [5, 5.41) is 20.2. The monoisotopic (exact) mass is 510 g/mol. The summed E-state index contributed by atoms with van der Waals surface area (Å²) in [5.74, 6) is 1.36. The van der Waals surface area contributed by atoms with Crippen molar-refractivity contribution in [2.45, 2.75) is 115 Å². The van der Waals surface area contributed by atoms with Gasteiger partial charge in [0.15, 0.2) is 11.2 Å². The molecule has 3 fully saturated rings. The highest BCUT2D eigenvalue weighted by Crippen LogP contribution is 2.68. The van der Waals surface area contributed by atoms with E-state index in [9.17, 15) is 36.6 Å². The van der Waals surface area contributed by atoms with Gasteiger partial charge in [-0.25, -0.2) is 0 Å². The van der Waals surface area contributed by atoms with Crippen molar-refractivity contribution in [3.8, 4) is 0 Å². The van der Waals surface area contributed by atoms with Gasteiger partial charge in [0.25, 0.3) is 0 Å². The first-order chi connectivity index (χ1) is 15.9. The maximum Gasteiger partial charge on any atom is 0.417 e. The molecule has 4 aliphatic carbocycles. The molecule has 0 amide bonds. The number of alkyl halides is 6. The lowest BCUT2D eigenvalue weighted by Gasteiger charge is -2.59. The molecule has 0 unspecified atom stereocenters. The van der Waals surface area contributed by atoms with Crippen LogP contribution in [0.2, 0.25) is 0 Å². The van der Waals surface area contributed by atoms with Gasteiger partial charge in [-0.1, -0.05) is 32.4 Å². The lowest BCUT2D eigenvalue weighted by Crippen LogP contribution is -2.55. The molecule has 9 atom stereocenters. The minimum absolute atomic E-state index is 0.00620. The third-order valence-corrected chi connectivity index (χ3v) is 11.2. The van der Waals surface area contributed by atoms with E-state index in [1.807, 2.05) is 13.0 Å². The molecule has 0 aromatic rings. The van der Waals surface area contributed by atoms with E-state index in [0.717, 1.165) is 38.2 Å². The summed E-state index contributed by atoms with van der Waals surface area (Å²) in [5.41, 5.74) is -4.91. The fourth-order valence-corrected chi connectivity index (χ4v) is 8.72. The third kappa shape index (κ3) is 4.26. The number of rotatable bonds is 4. The fourth-order valence-electron chi connectivity index (χ4n) is 8.72. The zero-order valence-corrected chi connectivity index (χ0v) is 21.2. The van der Waals surface area contributed by atoms with Crippen LogP contribution in [0.25, 0.3) is 0 Å². The Bertz CT molecular complexity index is 848. The molecule has 0 radical (unpaired) electrons. The molecular weight excluding hydrogens is 470 g/mol. The van der Waals surface area contributed by atoms with Gasteiger partial charge in [-0.05, 0) is 105 Å². The molecule has 4 aliphatic rings. The second-order valence-electron chi connectivity index (χ2n) is 13.0. The van der Waals surface area contributed by atoms with Gasteiger partial charge in [0.05, 0.1) is 0 Å². The smallest absolute Gasteiger partial charge is 0.381 e. The summed E-state index contributed by atoms with van der Waals surface area (Å²) in [6, 6.07) is 0. The topological polar surface area (TPSA) is 40.5 Å². The van der Waals surface area contributed by atoms with E-state index >= 15 is 0 Å². The van der Waals surface area contributed by atoms with Gasteiger partial charge in [-0.3, -0.25) is 0 Å². The first-order valence-corrected chi connectivity index (χ1v) is 13.1. The molecule has 0 heterocycles. The molecule has 0 saturated heterocycles. The molecule has 3 saturated carbocycles. The number of fused-ring (bicyclic) bond motifs is 5. The second kappa shape index (κ2) is 8.37. The predicted octanol–water partition coefficient (Wildman–Crippen LogP) is 7.59. The molecule has 0 aromatic carbocycles. The Morgan fingerprint density at radius 1 is 1.00 bits per heavy atom. The van der Waals surface area contributed by atoms with Gasteiger partial charge in [0.1, 0.15) is 0 Å². The Morgan fingerprint density at radius 3 is 2.26 bits per heavy atom. The molecule has 2 nitrogen and oxygen atoms in total. The highest BCUT2D eigenvalue weighted by molar-refractivity contribution is 5.28. The number of hydrogen-bond acceptors (Lipinski definition) is 2. The summed E-state index contributed by atoms with van der Waals surface area (Å²) in [6.07, 6.45) is -3.11. The Labute approximate surface area is 204 Å². The van der Waals surface area contributed by atoms with E-state index in [1.54, 1.807) is 0 Å². The van der Waals surface area contributed by atoms with Crippen LogP contribution in [0, 0.1) is 40.4 Å². The second-order valence-corrected chi connectivity index (χ2v) is 13.0. The maximum atomic E-state index is 13.5. The number of aliphatic hydroxyl groups is 2. The van der Waals surface area contributed by atoms with Crippen molar-refractivity contribution >= 4 is 0 Å². The van der Waals surface area contributed by atoms with E-state index in [4.69, 9.17) is 0 Å². The molecule has 4 rings (SSSR count). The molecule has 2 N–H and O–H groups in total. The Balaban J connectivity index is 1.50. The molecule has 0 bridgehead atoms. The molecule has 0 aliphatic heterocycles. The van der Waals surface area contributed by atoms with Gasteiger partial charge >= 0.3 is 12.4 Å². The Morgan fingerprint density at radius 2 is 1.66 bits per heavy atom. The average molecular weight is 511 g/mol. The van der Waals surface area contributed by atoms with Crippen LogP contribution in [0.4, 0.5) is 26.3 Å². The zero-order chi connectivity index (χ0) is 26.2. The van der Waals surface area contributed by atoms with Crippen molar-refractivity contribution in [1.82, 2.24) is 0 Å². The molecular formula is C27H40F6O2. The minimum Gasteiger partial charge on any atom is -0.381 e. The van der Waals surface area contributed by atoms with Crippen LogP contribution in [0.15, 0.2) is 11.6 Å². The van der Waals surface area contributed by atoms with Crippen molar-refractivity contribution in [3.05, 3.63) is 11.6 Å². The number of allylic oxidation sites excluding steroid dienone is 1. The van der Waals surface area contributed by atoms with Crippen molar-refractivity contribution in [2.75, 3.05) is 0 Å². The Hall–Kier alpha value is -0.760. The Kier molecular flexibility index (Phi) is 6.53. The van der Waals surface area contributed by atoms with Crippen LogP contribution in [0.1, 0.15) is 91.9 Å². The van der Waals surface area contributed by atoms with Gasteiger partial charge < -0.3 is 10.2 Å². The van der Waals surface area contributed by atoms with Crippen LogP contribution in [0.3, 0.4) is 0 Å². The van der Waals surface area contributed by atoms with E-state index in [1.165, 1.54) is 0 Å². The van der Waals surface area contributed by atoms with Gasteiger partial charge in [-0.15, -0.1) is 0 Å². The predicted molar refractivity (Wildman–Crippen MR) is 121 cm³/mol. The summed E-state index contributed by atoms with van der Waals surface area (Å²) in [7, 11) is 0. The van der Waals surface area contributed by atoms with Crippen LogP contribution >= 0.6 is 0 Å². The third-order valence-electron chi connectivity index (χ3n) is 11.2. The van der Waals surface area contributed by atoms with E-state index in [0.29, 0.717) is 31.1 Å². The molecule has 0 spiro atoms. The first-order valence-electron chi connectivity index (χ1n) is 13.1. The van der Waals surface area contributed by atoms with Crippen molar-refractivity contribution in [2.24, 2.45) is 40.4 Å². The van der Waals surface area contributed by atoms with E-state index in [2.05, 4.69) is 13.8 Å². The van der Waals surface area contributed by atoms with Crippen LogP contribution in [0.5, 0.6) is 0 Å². The van der Waals surface area contributed by atoms with Crippen LogP contribution in [-0.2, 0) is 0 Å². The van der Waals surface area contributed by atoms with Crippen LogP contribution in [-0.4, -0.2) is 33.8 Å². The average Bonchev–Trinajstić information content (AvgIpc) is 3.08. The zero-order valence-electron chi connectivity index (χ0n) is 21.2. The minimum atomic E-state index is -4.65. The largest absolute Gasteiger partial charge is 0.417 e. The normalized spacial score (nSPS) is 44.5. The van der Waals surface area contributed by atoms with Crippen molar-refractivity contribution < 1.29 is 36.6 Å². The first kappa shape index (κ1) is 27.3. The summed E-state index contributed by atoms with van der Waals surface area (Å²) >= 11 is 0. The summed E-state index contributed by atoms with van der Waals surface area (Å²) < 4.78 is 80.0. The molecule has 202 valence electrons. The number of halogens is 6. The van der Waals surface area contributed by atoms with Gasteiger partial charge in [0, 0.05) is 6.42 Å². The van der Waals surface area contributed by atoms with E-state index in [-0.39, 0.29) is 47.8 Å². The molecule has 8 heteroatoms. The fraction of sp³-hybridized carbons (Fsp3) is 0.926. The maximum absolute atomic E-state index is 13.5. The summed E-state index contributed by atoms with van der Waals surface area (Å²) in [6.45, 7) is 7.22. The lowest BCUT2D eigenvalue weighted by molar-refractivity contribution is -0.271. The molecule has 0 aromatic heterocycles. The lowest BCUT2D eigenvalue weighted by atomic mass is 9.46. The van der Waals surface area contributed by atoms with E-state index < -0.39 is 23.6 Å². The highest BCUT2D eigenvalue weighted by Gasteiger charge is 2.63. The molecule has 35 heavy (non-hydrogen) atoms. The van der Waals surface area contributed by atoms with Crippen LogP contribution < -0.4 is 0 Å². The highest BCUT2D eigenvalue weighted by atomic mass is 19.4. The SMILES string of the molecule is C[C@H](CC[C@](C)(O)C(F)(F)F)[C@H]1CC[C@H]2[C@@H]3CC=C4C[C@](O)(C(F)(F)F)CC[C@]4(C)[C@H]3CC[C@]12C. The summed E-state index contributed by atoms with van der Waals surface area (Å²) in [4.78, 5) is 0. The quantitative estimate of drug-likeness (QED) is 0.302. The van der Waals surface area contributed by atoms with Gasteiger partial charge in [0.2, 0.25) is 0 Å². The standard InChI is InChI=1S/C27H40F6O2/c1-16(9-12-24(4,34)26(28,29)30)19-7-8-20-18-6-5-17-15-25(35,27(31,32)33)14-13-22(17,2)21(18)10-11-23(19,20)3/h5,16,18-21,34-35H,6-15H2,1-4H3/t16-,18+,19-,20+,21+,22+,23-,24+,25+/m1/s1. The number of hydrogen-bond donors (Lipinski definition) is 2. The van der Waals surface area contributed by atoms with Gasteiger partial charge in [-0.2, -0.15) is 26.3 Å². The van der Waals surface area contributed by atoms with Crippen molar-refractivity contribution in [3.63, 3.8) is 0 Å². The van der Waals surface area contributed by atoms with Crippen molar-refractivity contribution in [1.29, 1.82) is 0 Å².